The van der Waals surface area contributed by atoms with Gasteiger partial charge >= 0.3 is 0 Å². The third kappa shape index (κ3) is 4.64. The summed E-state index contributed by atoms with van der Waals surface area (Å²) >= 11 is 0. The minimum absolute atomic E-state index is 0.294. The number of phenolic OH excluding ortho intramolecular Hbond substituents is 1. The van der Waals surface area contributed by atoms with Gasteiger partial charge in [0.25, 0.3) is 0 Å². The lowest BCUT2D eigenvalue weighted by atomic mass is 10.1. The van der Waals surface area contributed by atoms with E-state index in [1.807, 2.05) is 42.5 Å². The van der Waals surface area contributed by atoms with E-state index in [0.717, 1.165) is 24.3 Å². The van der Waals surface area contributed by atoms with Crippen molar-refractivity contribution in [3.05, 3.63) is 89.2 Å². The van der Waals surface area contributed by atoms with Crippen molar-refractivity contribution in [1.29, 1.82) is 0 Å². The predicted octanol–water partition coefficient (Wildman–Crippen LogP) is 5.28. The Morgan fingerprint density at radius 1 is 0.897 bits per heavy atom. The maximum absolute atomic E-state index is 14.1. The van der Waals surface area contributed by atoms with E-state index in [1.165, 1.54) is 30.8 Å². The summed E-state index contributed by atoms with van der Waals surface area (Å²) in [6.45, 7) is 2.20. The van der Waals surface area contributed by atoms with Crippen molar-refractivity contribution in [1.82, 2.24) is 0 Å². The molecule has 0 bridgehead atoms. The number of aromatic hydroxyl groups is 1. The maximum atomic E-state index is 14.1. The summed E-state index contributed by atoms with van der Waals surface area (Å²) in [6.07, 6.45) is 3.93. The van der Waals surface area contributed by atoms with E-state index in [1.54, 1.807) is 6.07 Å². The summed E-state index contributed by atoms with van der Waals surface area (Å²) in [4.78, 5) is 6.65. The fourth-order valence-corrected chi connectivity index (χ4v) is 3.32. The van der Waals surface area contributed by atoms with Gasteiger partial charge in [-0.2, -0.15) is 0 Å². The van der Waals surface area contributed by atoms with Crippen LogP contribution in [0.3, 0.4) is 0 Å². The maximum Gasteiger partial charge on any atom is 0.166 e. The molecule has 0 saturated carbocycles. The number of benzene rings is 3. The van der Waals surface area contributed by atoms with Crippen LogP contribution in [0.1, 0.15) is 29.5 Å². The van der Waals surface area contributed by atoms with Crippen molar-refractivity contribution < 1.29 is 9.50 Å². The predicted molar refractivity (Wildman–Crippen MR) is 116 cm³/mol. The van der Waals surface area contributed by atoms with Gasteiger partial charge in [0.05, 0.1) is 5.69 Å². The Hall–Kier alpha value is -3.58. The number of phenols is 1. The van der Waals surface area contributed by atoms with Crippen LogP contribution >= 0.6 is 0 Å². The number of nitrogens with zero attached hydrogens (tertiary/aromatic N) is 2. The molecule has 1 fully saturated rings. The smallest absolute Gasteiger partial charge is 0.166 e. The first-order valence-electron chi connectivity index (χ1n) is 9.68. The van der Waals surface area contributed by atoms with E-state index in [2.05, 4.69) is 33.9 Å². The molecule has 1 aliphatic heterocycles. The summed E-state index contributed by atoms with van der Waals surface area (Å²) in [5.74, 6) is 4.91. The minimum atomic E-state index is -0.712. The third-order valence-corrected chi connectivity index (χ3v) is 4.89. The summed E-state index contributed by atoms with van der Waals surface area (Å²) in [6, 6.07) is 20.3. The number of halogens is 1. The summed E-state index contributed by atoms with van der Waals surface area (Å²) in [5.41, 5.74) is 3.58. The Kier molecular flexibility index (Phi) is 5.58. The van der Waals surface area contributed by atoms with Crippen molar-refractivity contribution >= 4 is 17.6 Å². The Labute approximate surface area is 170 Å². The van der Waals surface area contributed by atoms with Crippen molar-refractivity contribution in [3.63, 3.8) is 0 Å². The highest BCUT2D eigenvalue weighted by Crippen LogP contribution is 2.23. The Morgan fingerprint density at radius 3 is 2.31 bits per heavy atom. The standard InChI is InChI=1S/C25H21FN2O/c26-24-17-20(16-21(25(24)29)18-27-22-6-2-1-3-7-22)9-8-19-10-12-23(13-11-19)28-14-4-5-15-28/h1-3,6-7,10-13,16-18,29H,4-5,14-15H2. The molecule has 144 valence electrons. The van der Waals surface area contributed by atoms with Crippen molar-refractivity contribution in [2.24, 2.45) is 4.99 Å². The van der Waals surface area contributed by atoms with Gasteiger partial charge in [-0.25, -0.2) is 4.39 Å². The first-order chi connectivity index (χ1) is 14.2. The van der Waals surface area contributed by atoms with Gasteiger partial charge < -0.3 is 10.0 Å². The first-order valence-corrected chi connectivity index (χ1v) is 9.68. The molecule has 4 rings (SSSR count). The van der Waals surface area contributed by atoms with Gasteiger partial charge in [0.2, 0.25) is 0 Å². The van der Waals surface area contributed by atoms with Crippen molar-refractivity contribution in [2.75, 3.05) is 18.0 Å². The topological polar surface area (TPSA) is 35.8 Å². The van der Waals surface area contributed by atoms with Crippen LogP contribution in [0, 0.1) is 17.7 Å². The van der Waals surface area contributed by atoms with Crippen LogP contribution in [0.15, 0.2) is 71.7 Å². The van der Waals surface area contributed by atoms with Gasteiger partial charge in [0, 0.05) is 41.7 Å². The number of para-hydroxylation sites is 1. The fourth-order valence-electron chi connectivity index (χ4n) is 3.32. The van der Waals surface area contributed by atoms with Gasteiger partial charge in [0.15, 0.2) is 11.6 Å². The first kappa shape index (κ1) is 18.8. The molecular formula is C25H21FN2O. The molecule has 3 nitrogen and oxygen atoms in total. The summed E-state index contributed by atoms with van der Waals surface area (Å²) in [7, 11) is 0. The normalized spacial score (nSPS) is 13.5. The molecule has 1 saturated heterocycles. The monoisotopic (exact) mass is 384 g/mol. The number of rotatable bonds is 3. The molecule has 0 unspecified atom stereocenters. The summed E-state index contributed by atoms with van der Waals surface area (Å²) in [5, 5.41) is 10.0. The second-order valence-electron chi connectivity index (χ2n) is 6.98. The highest BCUT2D eigenvalue weighted by molar-refractivity contribution is 5.86. The largest absolute Gasteiger partial charge is 0.504 e. The van der Waals surface area contributed by atoms with E-state index in [9.17, 15) is 9.50 Å². The molecule has 0 aliphatic carbocycles. The van der Waals surface area contributed by atoms with Gasteiger partial charge in [0.1, 0.15) is 0 Å². The molecule has 1 aliphatic rings. The molecule has 0 amide bonds. The van der Waals surface area contributed by atoms with E-state index < -0.39 is 11.6 Å². The molecule has 0 radical (unpaired) electrons. The van der Waals surface area contributed by atoms with Gasteiger partial charge in [-0.15, -0.1) is 0 Å². The average molecular weight is 384 g/mol. The second kappa shape index (κ2) is 8.62. The third-order valence-electron chi connectivity index (χ3n) is 4.89. The molecule has 1 heterocycles. The van der Waals surface area contributed by atoms with E-state index in [-0.39, 0.29) is 0 Å². The van der Waals surface area contributed by atoms with E-state index in [0.29, 0.717) is 11.1 Å². The molecule has 29 heavy (non-hydrogen) atoms. The molecule has 0 atom stereocenters. The minimum Gasteiger partial charge on any atom is -0.504 e. The van der Waals surface area contributed by atoms with Crippen LogP contribution < -0.4 is 4.90 Å². The Balaban J connectivity index is 1.55. The lowest BCUT2D eigenvalue weighted by Crippen LogP contribution is -2.17. The highest BCUT2D eigenvalue weighted by atomic mass is 19.1. The number of aliphatic imine (C=N–C) groups is 1. The number of anilines is 1. The quantitative estimate of drug-likeness (QED) is 0.492. The van der Waals surface area contributed by atoms with Crippen molar-refractivity contribution in [2.45, 2.75) is 12.8 Å². The van der Waals surface area contributed by atoms with Gasteiger partial charge in [-0.05, 0) is 61.4 Å². The SMILES string of the molecule is Oc1c(F)cc(C#Cc2ccc(N3CCCC3)cc2)cc1C=Nc1ccccc1. The fraction of sp³-hybridized carbons (Fsp3) is 0.160. The van der Waals surface area contributed by atoms with E-state index in [4.69, 9.17) is 0 Å². The zero-order chi connectivity index (χ0) is 20.1. The Morgan fingerprint density at radius 2 is 1.59 bits per heavy atom. The molecule has 4 heteroatoms. The molecule has 0 aromatic heterocycles. The number of hydrogen-bond donors (Lipinski definition) is 1. The molecule has 1 N–H and O–H groups in total. The molecule has 0 spiro atoms. The Bertz CT molecular complexity index is 1070. The van der Waals surface area contributed by atoms with Gasteiger partial charge in [-0.3, -0.25) is 4.99 Å². The lowest BCUT2D eigenvalue weighted by molar-refractivity contribution is 0.431. The lowest BCUT2D eigenvalue weighted by Gasteiger charge is -2.17. The molecule has 3 aromatic rings. The molecular weight excluding hydrogens is 363 g/mol. The van der Waals surface area contributed by atoms with Gasteiger partial charge in [-0.1, -0.05) is 30.0 Å². The summed E-state index contributed by atoms with van der Waals surface area (Å²) < 4.78 is 14.1. The average Bonchev–Trinajstić information content (AvgIpc) is 3.29. The highest BCUT2D eigenvalue weighted by Gasteiger charge is 2.11. The van der Waals surface area contributed by atoms with Crippen LogP contribution in [-0.4, -0.2) is 24.4 Å². The van der Waals surface area contributed by atoms with Crippen molar-refractivity contribution in [3.8, 4) is 17.6 Å². The number of hydrogen-bond acceptors (Lipinski definition) is 3. The second-order valence-corrected chi connectivity index (χ2v) is 6.98. The van der Waals surface area contributed by atoms with E-state index >= 15 is 0 Å². The van der Waals surface area contributed by atoms with Crippen LogP contribution in [-0.2, 0) is 0 Å². The molecule has 3 aromatic carbocycles. The zero-order valence-corrected chi connectivity index (χ0v) is 16.0. The van der Waals surface area contributed by atoms with Crippen LogP contribution in [0.4, 0.5) is 15.8 Å². The van der Waals surface area contributed by atoms with Crippen LogP contribution in [0.25, 0.3) is 0 Å². The van der Waals surface area contributed by atoms with Crippen LogP contribution in [0.5, 0.6) is 5.75 Å². The van der Waals surface area contributed by atoms with Crippen LogP contribution in [0.2, 0.25) is 0 Å². The zero-order valence-electron chi connectivity index (χ0n) is 16.0.